The Hall–Kier alpha value is -3.12. The summed E-state index contributed by atoms with van der Waals surface area (Å²) in [4.78, 5) is 25.0. The van der Waals surface area contributed by atoms with Crippen LogP contribution in [0, 0.1) is 0 Å². The van der Waals surface area contributed by atoms with Crippen LogP contribution < -0.4 is 15.5 Å². The third-order valence-corrected chi connectivity index (χ3v) is 4.66. The highest BCUT2D eigenvalue weighted by Gasteiger charge is 2.17. The van der Waals surface area contributed by atoms with Crippen LogP contribution in [0.3, 0.4) is 0 Å². The lowest BCUT2D eigenvalue weighted by Gasteiger charge is -2.16. The minimum Gasteiger partial charge on any atom is -0.459 e. The number of carbonyl (C=O) groups is 2. The Kier molecular flexibility index (Phi) is 6.11. The van der Waals surface area contributed by atoms with Gasteiger partial charge < -0.3 is 20.0 Å². The molecule has 0 bridgehead atoms. The van der Waals surface area contributed by atoms with Crippen molar-refractivity contribution in [2.24, 2.45) is 0 Å². The molecular weight excluding hydrogens is 354 g/mol. The van der Waals surface area contributed by atoms with Gasteiger partial charge in [0.05, 0.1) is 13.1 Å². The molecule has 1 unspecified atom stereocenters. The maximum absolute atomic E-state index is 12.4. The maximum Gasteiger partial charge on any atom is 0.275 e. The third-order valence-electron chi connectivity index (χ3n) is 4.66. The summed E-state index contributed by atoms with van der Waals surface area (Å²) >= 11 is 0. The number of furan rings is 1. The van der Waals surface area contributed by atoms with E-state index in [0.717, 1.165) is 27.2 Å². The van der Waals surface area contributed by atoms with Crippen LogP contribution in [-0.2, 0) is 11.3 Å². The van der Waals surface area contributed by atoms with E-state index in [-0.39, 0.29) is 17.9 Å². The van der Waals surface area contributed by atoms with E-state index < -0.39 is 0 Å². The first-order valence-corrected chi connectivity index (χ1v) is 9.36. The molecule has 0 aliphatic carbocycles. The Morgan fingerprint density at radius 2 is 1.82 bits per heavy atom. The van der Waals surface area contributed by atoms with E-state index >= 15 is 0 Å². The van der Waals surface area contributed by atoms with E-state index in [1.165, 1.54) is 0 Å². The van der Waals surface area contributed by atoms with Crippen LogP contribution in [-0.4, -0.2) is 32.5 Å². The Labute approximate surface area is 164 Å². The molecule has 0 fully saturated rings. The quantitative estimate of drug-likeness (QED) is 0.584. The van der Waals surface area contributed by atoms with Crippen molar-refractivity contribution >= 4 is 22.8 Å². The lowest BCUT2D eigenvalue weighted by atomic mass is 10.1. The molecule has 3 rings (SSSR count). The molecule has 3 N–H and O–H groups in total. The highest BCUT2D eigenvalue weighted by molar-refractivity contribution is 5.93. The molecule has 0 aliphatic heterocycles. The molecule has 6 heteroatoms. The van der Waals surface area contributed by atoms with Gasteiger partial charge in [0.15, 0.2) is 6.54 Å². The zero-order valence-electron chi connectivity index (χ0n) is 16.4. The summed E-state index contributed by atoms with van der Waals surface area (Å²) in [5, 5.41) is 6.63. The van der Waals surface area contributed by atoms with E-state index in [1.807, 2.05) is 56.4 Å². The van der Waals surface area contributed by atoms with E-state index in [4.69, 9.17) is 4.42 Å². The molecule has 1 aromatic heterocycles. The van der Waals surface area contributed by atoms with Crippen molar-refractivity contribution in [2.45, 2.75) is 19.5 Å². The van der Waals surface area contributed by atoms with Crippen molar-refractivity contribution in [1.82, 2.24) is 10.6 Å². The van der Waals surface area contributed by atoms with Crippen molar-refractivity contribution in [3.05, 3.63) is 71.5 Å². The number of rotatable bonds is 7. The molecule has 6 nitrogen and oxygen atoms in total. The molecule has 3 aromatic rings. The van der Waals surface area contributed by atoms with E-state index in [0.29, 0.717) is 18.7 Å². The smallest absolute Gasteiger partial charge is 0.275 e. The fourth-order valence-electron chi connectivity index (χ4n) is 3.18. The van der Waals surface area contributed by atoms with E-state index in [1.54, 1.807) is 19.2 Å². The second-order valence-corrected chi connectivity index (χ2v) is 7.06. The van der Waals surface area contributed by atoms with Gasteiger partial charge in [-0.05, 0) is 31.2 Å². The second-order valence-electron chi connectivity index (χ2n) is 7.06. The number of hydrogen-bond donors (Lipinski definition) is 3. The summed E-state index contributed by atoms with van der Waals surface area (Å²) in [6, 6.07) is 17.0. The van der Waals surface area contributed by atoms with Gasteiger partial charge in [0.25, 0.3) is 11.8 Å². The van der Waals surface area contributed by atoms with Crippen LogP contribution in [0.5, 0.6) is 0 Å². The molecule has 2 amide bonds. The van der Waals surface area contributed by atoms with Gasteiger partial charge in [0.2, 0.25) is 0 Å². The molecular formula is C22H26N3O3+. The monoisotopic (exact) mass is 380 g/mol. The highest BCUT2D eigenvalue weighted by atomic mass is 16.3. The zero-order chi connectivity index (χ0) is 20.1. The van der Waals surface area contributed by atoms with Gasteiger partial charge in [-0.1, -0.05) is 30.3 Å². The first kappa shape index (κ1) is 19.6. The van der Waals surface area contributed by atoms with Crippen LogP contribution in [0.4, 0.5) is 0 Å². The average Bonchev–Trinajstić information content (AvgIpc) is 3.12. The Morgan fingerprint density at radius 3 is 2.50 bits per heavy atom. The first-order chi connectivity index (χ1) is 13.5. The lowest BCUT2D eigenvalue weighted by molar-refractivity contribution is -0.885. The molecule has 28 heavy (non-hydrogen) atoms. The molecule has 0 radical (unpaired) electrons. The number of benzene rings is 2. The number of para-hydroxylation sites is 1. The number of likely N-dealkylation sites (N-methyl/N-ethyl adjacent to an activating group) is 1. The van der Waals surface area contributed by atoms with Gasteiger partial charge in [0, 0.05) is 23.6 Å². The zero-order valence-corrected chi connectivity index (χ0v) is 16.4. The molecule has 146 valence electrons. The van der Waals surface area contributed by atoms with Crippen LogP contribution in [0.2, 0.25) is 0 Å². The summed E-state index contributed by atoms with van der Waals surface area (Å²) in [5.41, 5.74) is 2.52. The number of fused-ring (bicyclic) bond motifs is 1. The normalized spacial score (nSPS) is 13.1. The fourth-order valence-corrected chi connectivity index (χ4v) is 3.18. The molecule has 0 spiro atoms. The molecule has 0 aliphatic rings. The largest absolute Gasteiger partial charge is 0.459 e. The van der Waals surface area contributed by atoms with Gasteiger partial charge in [0.1, 0.15) is 17.9 Å². The summed E-state index contributed by atoms with van der Waals surface area (Å²) in [7, 11) is 3.58. The predicted octanol–water partition coefficient (Wildman–Crippen LogP) is 1.68. The fraction of sp³-hybridized carbons (Fsp3) is 0.273. The topological polar surface area (TPSA) is 75.8 Å². The van der Waals surface area contributed by atoms with Gasteiger partial charge in [-0.25, -0.2) is 0 Å². The number of carbonyl (C=O) groups excluding carboxylic acids is 2. The molecule has 2 atom stereocenters. The number of amides is 2. The molecule has 0 saturated heterocycles. The van der Waals surface area contributed by atoms with Crippen LogP contribution in [0.25, 0.3) is 11.0 Å². The van der Waals surface area contributed by atoms with Gasteiger partial charge in [-0.3, -0.25) is 9.59 Å². The maximum atomic E-state index is 12.4. The second kappa shape index (κ2) is 8.71. The summed E-state index contributed by atoms with van der Waals surface area (Å²) in [6.07, 6.45) is 0. The minimum atomic E-state index is -0.195. The number of quaternary nitrogens is 1. The Bertz CT molecular complexity index is 930. The SMILES string of the molecule is CNC(=O)c1ccc(C[NH+](C)CC(=O)N[C@H](C)c2cc3ccccc3o2)cc1. The first-order valence-electron chi connectivity index (χ1n) is 9.36. The molecule has 0 saturated carbocycles. The van der Waals surface area contributed by atoms with E-state index in [2.05, 4.69) is 10.6 Å². The average molecular weight is 380 g/mol. The number of hydrogen-bond acceptors (Lipinski definition) is 3. The van der Waals surface area contributed by atoms with Crippen molar-refractivity contribution in [2.75, 3.05) is 20.6 Å². The Morgan fingerprint density at radius 1 is 1.11 bits per heavy atom. The highest BCUT2D eigenvalue weighted by Crippen LogP contribution is 2.23. The third kappa shape index (κ3) is 4.78. The van der Waals surface area contributed by atoms with Gasteiger partial charge in [-0.2, -0.15) is 0 Å². The number of nitrogens with one attached hydrogen (secondary N) is 3. The van der Waals surface area contributed by atoms with Crippen molar-refractivity contribution in [3.8, 4) is 0 Å². The van der Waals surface area contributed by atoms with Gasteiger partial charge >= 0.3 is 0 Å². The van der Waals surface area contributed by atoms with Crippen LogP contribution >= 0.6 is 0 Å². The Balaban J connectivity index is 1.52. The van der Waals surface area contributed by atoms with Crippen molar-refractivity contribution in [3.63, 3.8) is 0 Å². The summed E-state index contributed by atoms with van der Waals surface area (Å²) in [6.45, 7) is 2.96. The van der Waals surface area contributed by atoms with Crippen LogP contribution in [0.1, 0.15) is 34.6 Å². The lowest BCUT2D eigenvalue weighted by Crippen LogP contribution is -3.08. The predicted molar refractivity (Wildman–Crippen MR) is 108 cm³/mol. The summed E-state index contributed by atoms with van der Waals surface area (Å²) in [5.74, 6) is 0.607. The minimum absolute atomic E-state index is 0.0348. The van der Waals surface area contributed by atoms with Crippen LogP contribution in [0.15, 0.2) is 59.0 Å². The van der Waals surface area contributed by atoms with Crippen molar-refractivity contribution in [1.29, 1.82) is 0 Å². The molecule has 2 aromatic carbocycles. The molecule has 1 heterocycles. The standard InChI is InChI=1S/C22H25N3O3/c1-15(20-12-18-6-4-5-7-19(18)28-20)24-21(26)14-25(3)13-16-8-10-17(11-9-16)22(27)23-2/h4-12,15H,13-14H2,1-3H3,(H,23,27)(H,24,26)/p+1/t15-/m1/s1. The van der Waals surface area contributed by atoms with Gasteiger partial charge in [-0.15, -0.1) is 0 Å². The van der Waals surface area contributed by atoms with E-state index in [9.17, 15) is 9.59 Å². The van der Waals surface area contributed by atoms with Crippen molar-refractivity contribution < 1.29 is 18.9 Å². The summed E-state index contributed by atoms with van der Waals surface area (Å²) < 4.78 is 5.82.